The molecule has 0 bridgehead atoms. The number of aromatic nitrogens is 2. The monoisotopic (exact) mass is 372 g/mol. The lowest BCUT2D eigenvalue weighted by atomic mass is 10.1. The van der Waals surface area contributed by atoms with E-state index >= 15 is 0 Å². The molecule has 0 unspecified atom stereocenters. The molecule has 2 aromatic carbocycles. The van der Waals surface area contributed by atoms with E-state index in [1.54, 1.807) is 12.1 Å². The number of carbonyl (C=O) groups excluding carboxylic acids is 1. The van der Waals surface area contributed by atoms with Crippen LogP contribution in [0.15, 0.2) is 58.2 Å². The molecule has 1 atom stereocenters. The minimum absolute atomic E-state index is 0.0654. The molecule has 3 aromatic rings. The molecule has 0 aliphatic carbocycles. The van der Waals surface area contributed by atoms with Gasteiger partial charge in [0.25, 0.3) is 11.1 Å². The summed E-state index contributed by atoms with van der Waals surface area (Å²) in [5.41, 5.74) is 0.304. The highest BCUT2D eigenvalue weighted by atomic mass is 32.2. The number of thioether (sulfide) groups is 1. The van der Waals surface area contributed by atoms with E-state index in [1.165, 1.54) is 18.2 Å². The average molecular weight is 372 g/mol. The second-order valence-corrected chi connectivity index (χ2v) is 6.42. The maximum absolute atomic E-state index is 13.2. The Morgan fingerprint density at radius 3 is 2.85 bits per heavy atom. The summed E-state index contributed by atoms with van der Waals surface area (Å²) in [5, 5.41) is 8.12. The van der Waals surface area contributed by atoms with Crippen molar-refractivity contribution in [3.63, 3.8) is 0 Å². The van der Waals surface area contributed by atoms with E-state index in [9.17, 15) is 9.18 Å². The zero-order valence-corrected chi connectivity index (χ0v) is 14.2. The molecule has 0 saturated heterocycles. The number of ether oxygens (including phenoxy) is 2. The molecule has 4 rings (SSSR count). The van der Waals surface area contributed by atoms with Gasteiger partial charge in [-0.05, 0) is 24.3 Å². The zero-order chi connectivity index (χ0) is 17.9. The third kappa shape index (κ3) is 3.55. The molecule has 26 heavy (non-hydrogen) atoms. The van der Waals surface area contributed by atoms with Crippen LogP contribution in [0.5, 0.6) is 11.5 Å². The molecule has 0 N–H and O–H groups in total. The number of nitrogens with zero attached hydrogens (tertiary/aromatic N) is 2. The van der Waals surface area contributed by atoms with Gasteiger partial charge in [0.1, 0.15) is 12.4 Å². The first-order chi connectivity index (χ1) is 12.7. The zero-order valence-electron chi connectivity index (χ0n) is 13.4. The molecule has 0 amide bonds. The number of carbonyl (C=O) groups is 1. The number of ketones is 1. The number of rotatable bonds is 5. The Hall–Kier alpha value is -2.87. The van der Waals surface area contributed by atoms with E-state index in [1.807, 2.05) is 18.2 Å². The van der Waals surface area contributed by atoms with Gasteiger partial charge in [-0.1, -0.05) is 36.0 Å². The highest BCUT2D eigenvalue weighted by Crippen LogP contribution is 2.35. The van der Waals surface area contributed by atoms with Crippen molar-refractivity contribution in [1.29, 1.82) is 0 Å². The van der Waals surface area contributed by atoms with Crippen LogP contribution in [0, 0.1) is 5.82 Å². The molecular weight excluding hydrogens is 359 g/mol. The van der Waals surface area contributed by atoms with E-state index in [0.29, 0.717) is 17.1 Å². The third-order valence-corrected chi connectivity index (χ3v) is 4.50. The lowest BCUT2D eigenvalue weighted by Gasteiger charge is -2.23. The van der Waals surface area contributed by atoms with Crippen LogP contribution in [-0.4, -0.2) is 28.3 Å². The fourth-order valence-electron chi connectivity index (χ4n) is 2.42. The SMILES string of the molecule is O=C(CSc1nnc([C@H]2COc3ccccc3O2)o1)c1cccc(F)c1. The summed E-state index contributed by atoms with van der Waals surface area (Å²) in [6.07, 6.45) is -0.509. The quantitative estimate of drug-likeness (QED) is 0.499. The van der Waals surface area contributed by atoms with Crippen LogP contribution in [0.2, 0.25) is 0 Å². The van der Waals surface area contributed by atoms with Crippen LogP contribution < -0.4 is 9.47 Å². The number of Topliss-reactive ketones (excluding diaryl/α,β-unsaturated/α-hetero) is 1. The molecule has 132 valence electrons. The molecule has 1 aliphatic rings. The minimum atomic E-state index is -0.509. The van der Waals surface area contributed by atoms with Crippen molar-refractivity contribution in [2.75, 3.05) is 12.4 Å². The molecule has 0 radical (unpaired) electrons. The fourth-order valence-corrected chi connectivity index (χ4v) is 3.09. The van der Waals surface area contributed by atoms with Gasteiger partial charge in [-0.15, -0.1) is 10.2 Å². The van der Waals surface area contributed by atoms with Gasteiger partial charge in [-0.25, -0.2) is 4.39 Å². The number of fused-ring (bicyclic) bond motifs is 1. The van der Waals surface area contributed by atoms with Crippen molar-refractivity contribution in [3.05, 3.63) is 65.8 Å². The summed E-state index contributed by atoms with van der Waals surface area (Å²) >= 11 is 1.09. The molecule has 1 aliphatic heterocycles. The minimum Gasteiger partial charge on any atom is -0.485 e. The van der Waals surface area contributed by atoms with Crippen LogP contribution >= 0.6 is 11.8 Å². The maximum Gasteiger partial charge on any atom is 0.277 e. The van der Waals surface area contributed by atoms with Crippen molar-refractivity contribution in [1.82, 2.24) is 10.2 Å². The van der Waals surface area contributed by atoms with Crippen LogP contribution in [0.1, 0.15) is 22.4 Å². The van der Waals surface area contributed by atoms with E-state index in [2.05, 4.69) is 10.2 Å². The molecule has 0 spiro atoms. The Morgan fingerprint density at radius 2 is 2.00 bits per heavy atom. The smallest absolute Gasteiger partial charge is 0.277 e. The summed E-state index contributed by atoms with van der Waals surface area (Å²) in [6.45, 7) is 0.255. The number of hydrogen-bond donors (Lipinski definition) is 0. The fraction of sp³-hybridized carbons (Fsp3) is 0.167. The van der Waals surface area contributed by atoms with Gasteiger partial charge in [0.2, 0.25) is 6.10 Å². The normalized spacial score (nSPS) is 15.7. The maximum atomic E-state index is 13.2. The van der Waals surface area contributed by atoms with Crippen molar-refractivity contribution in [2.24, 2.45) is 0 Å². The van der Waals surface area contributed by atoms with Gasteiger partial charge in [-0.3, -0.25) is 4.79 Å². The second-order valence-electron chi connectivity index (χ2n) is 5.49. The highest BCUT2D eigenvalue weighted by Gasteiger charge is 2.27. The van der Waals surface area contributed by atoms with Gasteiger partial charge >= 0.3 is 0 Å². The van der Waals surface area contributed by atoms with Crippen molar-refractivity contribution in [2.45, 2.75) is 11.3 Å². The first kappa shape index (κ1) is 16.6. The van der Waals surface area contributed by atoms with Crippen molar-refractivity contribution < 1.29 is 23.1 Å². The summed E-state index contributed by atoms with van der Waals surface area (Å²) < 4.78 is 30.2. The van der Waals surface area contributed by atoms with E-state index in [0.717, 1.165) is 11.8 Å². The predicted molar refractivity (Wildman–Crippen MR) is 91.1 cm³/mol. The van der Waals surface area contributed by atoms with Crippen molar-refractivity contribution >= 4 is 17.5 Å². The standard InChI is InChI=1S/C18H13FN2O4S/c19-12-5-3-4-11(8-12)13(22)10-26-18-21-20-17(25-18)16-9-23-14-6-1-2-7-15(14)24-16/h1-8,16H,9-10H2/t16-/m1/s1. The Morgan fingerprint density at radius 1 is 1.15 bits per heavy atom. The Kier molecular flexibility index (Phi) is 4.57. The largest absolute Gasteiger partial charge is 0.485 e. The van der Waals surface area contributed by atoms with Crippen LogP contribution in [-0.2, 0) is 0 Å². The average Bonchev–Trinajstić information content (AvgIpc) is 3.15. The van der Waals surface area contributed by atoms with Crippen LogP contribution in [0.3, 0.4) is 0 Å². The van der Waals surface area contributed by atoms with Crippen LogP contribution in [0.4, 0.5) is 4.39 Å². The van der Waals surface area contributed by atoms with Crippen LogP contribution in [0.25, 0.3) is 0 Å². The molecular formula is C18H13FN2O4S. The lowest BCUT2D eigenvalue weighted by molar-refractivity contribution is 0.0686. The number of para-hydroxylation sites is 2. The Balaban J connectivity index is 1.39. The summed E-state index contributed by atoms with van der Waals surface area (Å²) in [6, 6.07) is 12.9. The van der Waals surface area contributed by atoms with Gasteiger partial charge < -0.3 is 13.9 Å². The molecule has 0 saturated carbocycles. The number of hydrogen-bond acceptors (Lipinski definition) is 7. The van der Waals surface area contributed by atoms with Gasteiger partial charge in [0, 0.05) is 5.56 Å². The molecule has 2 heterocycles. The highest BCUT2D eigenvalue weighted by molar-refractivity contribution is 7.99. The molecule has 1 aromatic heterocycles. The van der Waals surface area contributed by atoms with Gasteiger partial charge in [0.05, 0.1) is 5.75 Å². The number of benzene rings is 2. The second kappa shape index (κ2) is 7.17. The van der Waals surface area contributed by atoms with E-state index < -0.39 is 11.9 Å². The summed E-state index contributed by atoms with van der Waals surface area (Å²) in [4.78, 5) is 12.1. The summed E-state index contributed by atoms with van der Waals surface area (Å²) in [5.74, 6) is 0.947. The van der Waals surface area contributed by atoms with Gasteiger partial charge in [-0.2, -0.15) is 0 Å². The molecule has 8 heteroatoms. The third-order valence-electron chi connectivity index (χ3n) is 3.68. The number of halogens is 1. The lowest BCUT2D eigenvalue weighted by Crippen LogP contribution is -2.21. The van der Waals surface area contributed by atoms with E-state index in [4.69, 9.17) is 13.9 Å². The van der Waals surface area contributed by atoms with E-state index in [-0.39, 0.29) is 29.3 Å². The van der Waals surface area contributed by atoms with Crippen molar-refractivity contribution in [3.8, 4) is 11.5 Å². The molecule has 0 fully saturated rings. The predicted octanol–water partition coefficient (Wildman–Crippen LogP) is 3.70. The first-order valence-corrected chi connectivity index (χ1v) is 8.81. The van der Waals surface area contributed by atoms with Gasteiger partial charge in [0.15, 0.2) is 17.3 Å². The summed E-state index contributed by atoms with van der Waals surface area (Å²) in [7, 11) is 0. The topological polar surface area (TPSA) is 74.5 Å². The molecule has 6 nitrogen and oxygen atoms in total. The first-order valence-electron chi connectivity index (χ1n) is 7.82. The Labute approximate surface area is 152 Å². The Bertz CT molecular complexity index is 946.